The van der Waals surface area contributed by atoms with Gasteiger partial charge in [-0.2, -0.15) is 0 Å². The Hall–Kier alpha value is -3.99. The van der Waals surface area contributed by atoms with E-state index in [4.69, 9.17) is 0 Å². The van der Waals surface area contributed by atoms with E-state index in [-0.39, 0.29) is 0 Å². The number of carbonyl (C=O) groups excluding carboxylic acids is 5. The first kappa shape index (κ1) is 114. The minimum Gasteiger partial charge on any atom is -0.295 e. The molecule has 0 aromatic rings. The van der Waals surface area contributed by atoms with Crippen LogP contribution in [-0.4, -0.2) is 28.9 Å². The molecule has 0 aromatic heterocycles. The molecular weight excluding hydrogens is 1760 g/mol. The van der Waals surface area contributed by atoms with Crippen LogP contribution in [0.1, 0.15) is 507 Å². The topological polar surface area (TPSA) is 85.3 Å². The number of ketones is 5. The standard InChI is InChI=1S/C29H48O.C29H46O.C28H44O.C27H44O.C27H40O/c2*1-7-21(19(2)3)9-8-20(4)25-12-13-26-24-11-10-22-18-23(30)14-16-28(22,5)27(24)15-17-29(25,26)6;1-18(2)19(3)7-8-20(4)24-11-12-25-23-10-9-21-17-22(29)13-15-27(21,5)26(23)14-16-28(24,25)6;2*1-18(2)7-6-8-19(3)23-11-12-24-22-10-9-20-17-21(28)13-15-26(20,4)25(22)14-16-27(23,24)5/h18-21,24-27H,7-17H2,1-6H3;8-9,18-21,24-27H,7,10-17H2,1-6H3;17-18,20,23-26H,3,7-16H2,1-2,4-6H3;17-19,22-25H,6-16H2,1-5H3;7,17,22-25H,3,6,8-16H2,1-2,4-5H3/b;9-8+;;;/t2*20-,21-,24+,25-,26+,27+,28+,29-;20-,23+,24-,25+,26+,27+,28-;19-,22+,23-,24+,25+,26+,27-;22-,23+,24-,25-,26-,27+/m11110/s1. The van der Waals surface area contributed by atoms with E-state index in [1.54, 1.807) is 0 Å². The van der Waals surface area contributed by atoms with E-state index in [9.17, 15) is 24.0 Å². The van der Waals surface area contributed by atoms with Crippen LogP contribution in [0.4, 0.5) is 0 Å². The highest BCUT2D eigenvalue weighted by molar-refractivity contribution is 5.94. The Morgan fingerprint density at radius 2 is 0.641 bits per heavy atom. The van der Waals surface area contributed by atoms with Crippen LogP contribution < -0.4 is 0 Å². The number of hydrogen-bond donors (Lipinski definition) is 0. The molecule has 5 heteroatoms. The van der Waals surface area contributed by atoms with Crippen LogP contribution in [0.5, 0.6) is 0 Å². The molecule has 15 saturated carbocycles. The number of hydrogen-bond acceptors (Lipinski definition) is 5. The van der Waals surface area contributed by atoms with Gasteiger partial charge in [-0.3, -0.25) is 24.0 Å². The monoisotopic (exact) mass is 1980 g/mol. The average molecular weight is 1990 g/mol. The molecular formula is C140H222O5. The van der Waals surface area contributed by atoms with Gasteiger partial charge >= 0.3 is 0 Å². The van der Waals surface area contributed by atoms with Crippen molar-refractivity contribution in [2.45, 2.75) is 507 Å². The first-order valence-electron chi connectivity index (χ1n) is 63.4. The number of allylic oxidation sites excluding steroid dienone is 11. The van der Waals surface area contributed by atoms with Gasteiger partial charge in [-0.25, -0.2) is 0 Å². The van der Waals surface area contributed by atoms with Crippen LogP contribution in [0, 0.1) is 232 Å². The van der Waals surface area contributed by atoms with E-state index < -0.39 is 0 Å². The summed E-state index contributed by atoms with van der Waals surface area (Å²) in [5, 5.41) is 0. The van der Waals surface area contributed by atoms with Crippen molar-refractivity contribution in [3.8, 4) is 0 Å². The molecule has 0 aliphatic heterocycles. The molecule has 0 saturated heterocycles. The first-order valence-corrected chi connectivity index (χ1v) is 63.4. The quantitative estimate of drug-likeness (QED) is 0.0850. The summed E-state index contributed by atoms with van der Waals surface area (Å²) in [5.74, 6) is 27.4. The Balaban J connectivity index is 0.000000130. The molecule has 15 fully saturated rings. The van der Waals surface area contributed by atoms with Crippen LogP contribution in [0.25, 0.3) is 0 Å². The smallest absolute Gasteiger partial charge is 0.155 e. The molecule has 812 valence electrons. The Bertz CT molecular complexity index is 4810. The fourth-order valence-electron chi connectivity index (χ4n) is 42.9. The van der Waals surface area contributed by atoms with Crippen LogP contribution in [0.2, 0.25) is 0 Å². The largest absolute Gasteiger partial charge is 0.295 e. The van der Waals surface area contributed by atoms with E-state index in [1.807, 2.05) is 6.08 Å². The highest BCUT2D eigenvalue weighted by Crippen LogP contribution is 2.75. The van der Waals surface area contributed by atoms with E-state index in [2.05, 4.69) is 236 Å². The van der Waals surface area contributed by atoms with E-state index in [0.717, 1.165) is 236 Å². The first-order chi connectivity index (χ1) is 68.6. The van der Waals surface area contributed by atoms with Crippen LogP contribution >= 0.6 is 0 Å². The van der Waals surface area contributed by atoms with Crippen molar-refractivity contribution in [2.24, 2.45) is 232 Å². The van der Waals surface area contributed by atoms with Gasteiger partial charge in [0.15, 0.2) is 28.9 Å². The van der Waals surface area contributed by atoms with Gasteiger partial charge in [-0.15, -0.1) is 0 Å². The summed E-state index contributed by atoms with van der Waals surface area (Å²) in [5.41, 5.74) is 16.2. The molecule has 145 heavy (non-hydrogen) atoms. The van der Waals surface area contributed by atoms with Crippen molar-refractivity contribution in [2.75, 3.05) is 0 Å². The van der Waals surface area contributed by atoms with Gasteiger partial charge in [-0.05, 0) is 539 Å². The lowest BCUT2D eigenvalue weighted by atomic mass is 9.46. The van der Waals surface area contributed by atoms with Gasteiger partial charge in [-0.1, -0.05) is 274 Å². The molecule has 20 rings (SSSR count). The number of fused-ring (bicyclic) bond motifs is 25. The summed E-state index contributed by atoms with van der Waals surface area (Å²) in [4.78, 5) is 60.2. The molecule has 5 nitrogen and oxygen atoms in total. The molecule has 36 atom stereocenters. The maximum absolute atomic E-state index is 12.1. The number of rotatable bonds is 25. The maximum atomic E-state index is 12.1. The van der Waals surface area contributed by atoms with Gasteiger partial charge < -0.3 is 0 Å². The fourth-order valence-corrected chi connectivity index (χ4v) is 42.9. The van der Waals surface area contributed by atoms with E-state index in [1.165, 1.54) is 301 Å². The molecule has 0 bridgehead atoms. The number of carbonyl (C=O) groups is 5. The Morgan fingerprint density at radius 3 is 0.959 bits per heavy atom. The lowest BCUT2D eigenvalue weighted by molar-refractivity contribution is -0.118. The van der Waals surface area contributed by atoms with Gasteiger partial charge in [0.1, 0.15) is 0 Å². The zero-order valence-electron chi connectivity index (χ0n) is 99.0. The van der Waals surface area contributed by atoms with Crippen LogP contribution in [0.3, 0.4) is 0 Å². The highest BCUT2D eigenvalue weighted by atomic mass is 16.1. The van der Waals surface area contributed by atoms with Gasteiger partial charge in [0.05, 0.1) is 0 Å². The van der Waals surface area contributed by atoms with Crippen molar-refractivity contribution in [3.05, 3.63) is 106 Å². The highest BCUT2D eigenvalue weighted by Gasteiger charge is 2.67. The summed E-state index contributed by atoms with van der Waals surface area (Å²) < 4.78 is 0. The van der Waals surface area contributed by atoms with Crippen molar-refractivity contribution in [1.29, 1.82) is 0 Å². The second kappa shape index (κ2) is 45.4. The minimum absolute atomic E-state index is 0.302. The third-order valence-electron chi connectivity index (χ3n) is 51.9. The summed E-state index contributed by atoms with van der Waals surface area (Å²) in [6.45, 7) is 73.0. The molecule has 0 spiro atoms. The molecule has 0 radical (unpaired) electrons. The lowest BCUT2D eigenvalue weighted by Gasteiger charge is -2.58. The van der Waals surface area contributed by atoms with Crippen molar-refractivity contribution >= 4 is 28.9 Å². The molecule has 0 aromatic carbocycles. The van der Waals surface area contributed by atoms with Crippen LogP contribution in [0.15, 0.2) is 106 Å². The molecule has 0 amide bonds. The van der Waals surface area contributed by atoms with Crippen molar-refractivity contribution < 1.29 is 24.0 Å². The van der Waals surface area contributed by atoms with Crippen LogP contribution in [-0.2, 0) is 24.0 Å². The molecule has 0 heterocycles. The normalized spacial score (nSPS) is 43.0. The fraction of sp³-hybridized carbons (Fsp3) is 0.836. The zero-order valence-corrected chi connectivity index (χ0v) is 99.0. The Labute approximate surface area is 892 Å². The van der Waals surface area contributed by atoms with Gasteiger partial charge in [0, 0.05) is 32.1 Å². The Morgan fingerprint density at radius 1 is 0.324 bits per heavy atom. The SMILES string of the molecule is C=C(CCC=C(C)C)[C@H]1CC[C@H]2[C@@H]3CCC4=CC(=O)CC[C@]4(C)[C@H]3CC[C@]12C.C=C(CC[C@@H](C)[C@H]1CC[C@H]2[C@@H]3CCC4=CC(=O)CC[C@]4(C)[C@H]3CC[C@]12C)C(C)C.CC(C)CCC[C@@H](C)[C@H]1CC[C@H]2[C@@H]3CCC4=CC(=O)CC[C@]4(C)[C@H]3CC[C@]12C.CC[C@H](/C=C/[C@@H](C)[C@H]1CC[C@H]2[C@@H]3CCC4=CC(=O)CC[C@]4(C)[C@H]3CC[C@]12C)C(C)C.CC[C@H](CC[C@@H](C)[C@H]1CC[C@H]2[C@@H]3CCC4=CC(=O)CC[C@]4(C)[C@H]3CC[C@]12C)C(C)C. The van der Waals surface area contributed by atoms with Gasteiger partial charge in [0.25, 0.3) is 0 Å². The lowest BCUT2D eigenvalue weighted by Crippen LogP contribution is -2.51. The second-order valence-corrected chi connectivity index (χ2v) is 60.1. The third-order valence-corrected chi connectivity index (χ3v) is 51.9. The summed E-state index contributed by atoms with van der Waals surface area (Å²) in [6, 6.07) is 0. The zero-order chi connectivity index (χ0) is 105. The predicted octanol–water partition coefficient (Wildman–Crippen LogP) is 39.0. The predicted molar refractivity (Wildman–Crippen MR) is 613 cm³/mol. The van der Waals surface area contributed by atoms with Crippen molar-refractivity contribution in [1.82, 2.24) is 0 Å². The Kier molecular flexibility index (Phi) is 35.6. The summed E-state index contributed by atoms with van der Waals surface area (Å²) in [7, 11) is 0. The molecule has 0 N–H and O–H groups in total. The maximum Gasteiger partial charge on any atom is 0.155 e. The molecule has 0 unspecified atom stereocenters. The van der Waals surface area contributed by atoms with Gasteiger partial charge in [0.2, 0.25) is 0 Å². The second-order valence-electron chi connectivity index (χ2n) is 60.1. The third kappa shape index (κ3) is 21.9. The van der Waals surface area contributed by atoms with Crippen molar-refractivity contribution in [3.63, 3.8) is 0 Å². The molecule has 20 aliphatic carbocycles. The summed E-state index contributed by atoms with van der Waals surface area (Å²) in [6.07, 6.45) is 82.9. The minimum atomic E-state index is 0.302. The van der Waals surface area contributed by atoms with E-state index in [0.29, 0.717) is 94.9 Å². The molecule has 20 aliphatic rings. The summed E-state index contributed by atoms with van der Waals surface area (Å²) >= 11 is 0. The average Bonchev–Trinajstić information content (AvgIpc) is 1.68. The van der Waals surface area contributed by atoms with E-state index >= 15 is 0 Å².